The first-order chi connectivity index (χ1) is 6.33. The lowest BCUT2D eigenvalue weighted by molar-refractivity contribution is 0.446. The van der Waals surface area contributed by atoms with Gasteiger partial charge in [0.05, 0.1) is 12.7 Å². The van der Waals surface area contributed by atoms with Gasteiger partial charge in [-0.25, -0.2) is 4.98 Å². The van der Waals surface area contributed by atoms with Gasteiger partial charge in [0.15, 0.2) is 0 Å². The number of nitrogens with zero attached hydrogens (tertiary/aromatic N) is 1. The number of nitrogens with one attached hydrogen (secondary N) is 1. The summed E-state index contributed by atoms with van der Waals surface area (Å²) in [5.41, 5.74) is 0. The Morgan fingerprint density at radius 3 is 2.92 bits per heavy atom. The van der Waals surface area contributed by atoms with Gasteiger partial charge in [0, 0.05) is 0 Å². The molecule has 3 nitrogen and oxygen atoms in total. The van der Waals surface area contributed by atoms with Crippen LogP contribution in [0.15, 0.2) is 10.6 Å². The van der Waals surface area contributed by atoms with Gasteiger partial charge in [0.25, 0.3) is 0 Å². The predicted molar refractivity (Wildman–Crippen MR) is 52.5 cm³/mol. The SMILES string of the molecule is CCCCCNCc1ncc(C)o1. The molecule has 0 aliphatic carbocycles. The van der Waals surface area contributed by atoms with E-state index >= 15 is 0 Å². The Balaban J connectivity index is 2.06. The van der Waals surface area contributed by atoms with Gasteiger partial charge in [-0.2, -0.15) is 0 Å². The Morgan fingerprint density at radius 2 is 2.31 bits per heavy atom. The van der Waals surface area contributed by atoms with Crippen LogP contribution in [0.25, 0.3) is 0 Å². The first kappa shape index (κ1) is 10.3. The van der Waals surface area contributed by atoms with E-state index in [0.717, 1.165) is 24.7 Å². The molecule has 0 atom stereocenters. The van der Waals surface area contributed by atoms with Gasteiger partial charge in [-0.3, -0.25) is 0 Å². The third-order valence-electron chi connectivity index (χ3n) is 1.90. The summed E-state index contributed by atoms with van der Waals surface area (Å²) in [7, 11) is 0. The van der Waals surface area contributed by atoms with Crippen molar-refractivity contribution in [1.29, 1.82) is 0 Å². The fourth-order valence-corrected chi connectivity index (χ4v) is 1.18. The van der Waals surface area contributed by atoms with E-state index in [2.05, 4.69) is 17.2 Å². The van der Waals surface area contributed by atoms with Gasteiger partial charge < -0.3 is 9.73 Å². The zero-order chi connectivity index (χ0) is 9.52. The first-order valence-corrected chi connectivity index (χ1v) is 4.95. The Morgan fingerprint density at radius 1 is 1.46 bits per heavy atom. The molecule has 0 aliphatic rings. The van der Waals surface area contributed by atoms with Gasteiger partial charge in [-0.1, -0.05) is 19.8 Å². The third kappa shape index (κ3) is 4.08. The van der Waals surface area contributed by atoms with E-state index in [-0.39, 0.29) is 0 Å². The van der Waals surface area contributed by atoms with E-state index in [1.807, 2.05) is 6.92 Å². The molecule has 0 saturated carbocycles. The van der Waals surface area contributed by atoms with Gasteiger partial charge in [-0.05, 0) is 19.9 Å². The van der Waals surface area contributed by atoms with Gasteiger partial charge in [0.1, 0.15) is 5.76 Å². The molecule has 3 heteroatoms. The van der Waals surface area contributed by atoms with Crippen LogP contribution in [0.5, 0.6) is 0 Å². The number of unbranched alkanes of at least 4 members (excludes halogenated alkanes) is 2. The summed E-state index contributed by atoms with van der Waals surface area (Å²) in [5, 5.41) is 3.29. The summed E-state index contributed by atoms with van der Waals surface area (Å²) >= 11 is 0. The third-order valence-corrected chi connectivity index (χ3v) is 1.90. The lowest BCUT2D eigenvalue weighted by Crippen LogP contribution is -2.14. The number of aromatic nitrogens is 1. The second-order valence-electron chi connectivity index (χ2n) is 3.25. The van der Waals surface area contributed by atoms with Gasteiger partial charge >= 0.3 is 0 Å². The molecule has 0 aromatic carbocycles. The molecule has 74 valence electrons. The fraction of sp³-hybridized carbons (Fsp3) is 0.700. The summed E-state index contributed by atoms with van der Waals surface area (Å²) in [6.45, 7) is 5.91. The van der Waals surface area contributed by atoms with Crippen molar-refractivity contribution in [2.45, 2.75) is 39.7 Å². The maximum atomic E-state index is 5.32. The summed E-state index contributed by atoms with van der Waals surface area (Å²) < 4.78 is 5.32. The molecule has 1 heterocycles. The van der Waals surface area contributed by atoms with Crippen molar-refractivity contribution in [3.8, 4) is 0 Å². The van der Waals surface area contributed by atoms with Crippen LogP contribution in [0, 0.1) is 6.92 Å². The molecule has 13 heavy (non-hydrogen) atoms. The van der Waals surface area contributed by atoms with Crippen LogP contribution >= 0.6 is 0 Å². The number of hydrogen-bond acceptors (Lipinski definition) is 3. The molecule has 0 aliphatic heterocycles. The van der Waals surface area contributed by atoms with Crippen molar-refractivity contribution in [3.05, 3.63) is 17.8 Å². The Kier molecular flexibility index (Phi) is 4.54. The van der Waals surface area contributed by atoms with Gasteiger partial charge in [-0.15, -0.1) is 0 Å². The van der Waals surface area contributed by atoms with Crippen LogP contribution < -0.4 is 5.32 Å². The molecule has 0 amide bonds. The average Bonchev–Trinajstić information content (AvgIpc) is 2.51. The number of hydrogen-bond donors (Lipinski definition) is 1. The van der Waals surface area contributed by atoms with Crippen molar-refractivity contribution in [2.75, 3.05) is 6.54 Å². The summed E-state index contributed by atoms with van der Waals surface area (Å²) in [6, 6.07) is 0. The topological polar surface area (TPSA) is 38.1 Å². The molecular weight excluding hydrogens is 164 g/mol. The molecule has 0 bridgehead atoms. The Hall–Kier alpha value is -0.830. The molecule has 1 N–H and O–H groups in total. The van der Waals surface area contributed by atoms with E-state index in [0.29, 0.717) is 0 Å². The first-order valence-electron chi connectivity index (χ1n) is 4.95. The minimum Gasteiger partial charge on any atom is -0.445 e. The second kappa shape index (κ2) is 5.75. The smallest absolute Gasteiger partial charge is 0.208 e. The van der Waals surface area contributed by atoms with E-state index in [4.69, 9.17) is 4.42 Å². The van der Waals surface area contributed by atoms with E-state index in [9.17, 15) is 0 Å². The molecule has 1 rings (SSSR count). The molecular formula is C10H18N2O. The van der Waals surface area contributed by atoms with E-state index in [1.54, 1.807) is 6.20 Å². The quantitative estimate of drug-likeness (QED) is 0.686. The number of oxazole rings is 1. The van der Waals surface area contributed by atoms with Crippen LogP contribution in [-0.2, 0) is 6.54 Å². The fourth-order valence-electron chi connectivity index (χ4n) is 1.18. The van der Waals surface area contributed by atoms with Crippen LogP contribution in [0.4, 0.5) is 0 Å². The predicted octanol–water partition coefficient (Wildman–Crippen LogP) is 2.26. The van der Waals surface area contributed by atoms with Crippen molar-refractivity contribution in [3.63, 3.8) is 0 Å². The molecule has 0 spiro atoms. The average molecular weight is 182 g/mol. The minimum atomic E-state index is 0.748. The molecule has 1 aromatic heterocycles. The molecule has 0 radical (unpaired) electrons. The standard InChI is InChI=1S/C10H18N2O/c1-3-4-5-6-11-8-10-12-7-9(2)13-10/h7,11H,3-6,8H2,1-2H3. The second-order valence-corrected chi connectivity index (χ2v) is 3.25. The summed E-state index contributed by atoms with van der Waals surface area (Å²) in [6.07, 6.45) is 5.54. The Labute approximate surface area is 79.5 Å². The molecule has 0 fully saturated rings. The van der Waals surface area contributed by atoms with Crippen LogP contribution in [-0.4, -0.2) is 11.5 Å². The summed E-state index contributed by atoms with van der Waals surface area (Å²) in [4.78, 5) is 4.10. The highest BCUT2D eigenvalue weighted by atomic mass is 16.4. The zero-order valence-corrected chi connectivity index (χ0v) is 8.47. The molecule has 1 aromatic rings. The summed E-state index contributed by atoms with van der Waals surface area (Å²) in [5.74, 6) is 1.67. The maximum absolute atomic E-state index is 5.32. The lowest BCUT2D eigenvalue weighted by atomic mass is 10.2. The van der Waals surface area contributed by atoms with Crippen molar-refractivity contribution < 1.29 is 4.42 Å². The maximum Gasteiger partial charge on any atom is 0.208 e. The largest absolute Gasteiger partial charge is 0.445 e. The van der Waals surface area contributed by atoms with Crippen molar-refractivity contribution >= 4 is 0 Å². The van der Waals surface area contributed by atoms with Crippen LogP contribution in [0.1, 0.15) is 37.8 Å². The van der Waals surface area contributed by atoms with Crippen molar-refractivity contribution in [2.24, 2.45) is 0 Å². The monoisotopic (exact) mass is 182 g/mol. The van der Waals surface area contributed by atoms with E-state index in [1.165, 1.54) is 19.3 Å². The normalized spacial score (nSPS) is 10.6. The highest BCUT2D eigenvalue weighted by Crippen LogP contribution is 2.00. The lowest BCUT2D eigenvalue weighted by Gasteiger charge is -1.99. The molecule has 0 unspecified atom stereocenters. The van der Waals surface area contributed by atoms with Crippen LogP contribution in [0.2, 0.25) is 0 Å². The highest BCUT2D eigenvalue weighted by molar-refractivity contribution is 4.90. The number of rotatable bonds is 6. The molecule has 0 saturated heterocycles. The Bertz CT molecular complexity index is 233. The highest BCUT2D eigenvalue weighted by Gasteiger charge is 1.98. The van der Waals surface area contributed by atoms with Gasteiger partial charge in [0.2, 0.25) is 5.89 Å². The zero-order valence-electron chi connectivity index (χ0n) is 8.47. The van der Waals surface area contributed by atoms with Crippen LogP contribution in [0.3, 0.4) is 0 Å². The van der Waals surface area contributed by atoms with E-state index < -0.39 is 0 Å². The van der Waals surface area contributed by atoms with Crippen molar-refractivity contribution in [1.82, 2.24) is 10.3 Å². The number of aryl methyl sites for hydroxylation is 1. The minimum absolute atomic E-state index is 0.748.